The Morgan fingerprint density at radius 1 is 1.15 bits per heavy atom. The van der Waals surface area contributed by atoms with Gasteiger partial charge in [0.1, 0.15) is 18.2 Å². The lowest BCUT2D eigenvalue weighted by Gasteiger charge is -2.30. The number of benzene rings is 2. The summed E-state index contributed by atoms with van der Waals surface area (Å²) in [6, 6.07) is 13.7. The number of hydrogen-bond acceptors (Lipinski definition) is 3. The van der Waals surface area contributed by atoms with Crippen molar-refractivity contribution in [2.45, 2.75) is 31.7 Å². The quantitative estimate of drug-likeness (QED) is 0.883. The smallest absolute Gasteiger partial charge is 0.254 e. The topological polar surface area (TPSA) is 55.6 Å². The van der Waals surface area contributed by atoms with Crippen molar-refractivity contribution in [1.29, 1.82) is 0 Å². The molecule has 1 heterocycles. The molecule has 0 bridgehead atoms. The average Bonchev–Trinajstić information content (AvgIpc) is 2.92. The summed E-state index contributed by atoms with van der Waals surface area (Å²) in [5.74, 6) is 0.328. The molecule has 1 fully saturated rings. The van der Waals surface area contributed by atoms with E-state index in [4.69, 9.17) is 10.5 Å². The van der Waals surface area contributed by atoms with Crippen molar-refractivity contribution in [2.24, 2.45) is 5.73 Å². The molecule has 1 aliphatic heterocycles. The van der Waals surface area contributed by atoms with Crippen LogP contribution in [0.5, 0.6) is 5.75 Å². The van der Waals surface area contributed by atoms with Crippen molar-refractivity contribution >= 4 is 5.91 Å². The largest absolute Gasteiger partial charge is 0.492 e. The average molecular weight is 356 g/mol. The maximum atomic E-state index is 13.7. The number of amides is 1. The van der Waals surface area contributed by atoms with Gasteiger partial charge in [-0.15, -0.1) is 0 Å². The fraction of sp³-hybridized carbons (Fsp3) is 0.381. The van der Waals surface area contributed by atoms with E-state index in [2.05, 4.69) is 0 Å². The van der Waals surface area contributed by atoms with Crippen LogP contribution in [0, 0.1) is 5.82 Å². The highest BCUT2D eigenvalue weighted by Crippen LogP contribution is 2.32. The van der Waals surface area contributed by atoms with E-state index in [9.17, 15) is 9.18 Å². The molecule has 0 unspecified atom stereocenters. The van der Waals surface area contributed by atoms with Gasteiger partial charge < -0.3 is 15.4 Å². The standard InChI is InChI=1S/C21H25FN2O2/c22-18-8-4-6-16(14-18)20-10-2-1-3-12-24(20)21(25)17-7-5-9-19(15-17)26-13-11-23/h4-9,14-15,20H,1-3,10-13,23H2/t20-/m0/s1. The van der Waals surface area contributed by atoms with Gasteiger partial charge >= 0.3 is 0 Å². The minimum absolute atomic E-state index is 0.0423. The lowest BCUT2D eigenvalue weighted by atomic mass is 10.00. The van der Waals surface area contributed by atoms with Crippen LogP contribution in [0.2, 0.25) is 0 Å². The molecule has 2 N–H and O–H groups in total. The van der Waals surface area contributed by atoms with E-state index < -0.39 is 0 Å². The Labute approximate surface area is 153 Å². The second-order valence-corrected chi connectivity index (χ2v) is 6.58. The maximum Gasteiger partial charge on any atom is 0.254 e. The Balaban J connectivity index is 1.87. The predicted octanol–water partition coefficient (Wildman–Crippen LogP) is 3.92. The highest BCUT2D eigenvalue weighted by atomic mass is 19.1. The lowest BCUT2D eigenvalue weighted by Crippen LogP contribution is -2.34. The number of nitrogens with two attached hydrogens (primary N) is 1. The first-order valence-corrected chi connectivity index (χ1v) is 9.18. The Bertz CT molecular complexity index is 750. The molecule has 0 aromatic heterocycles. The molecule has 2 aromatic carbocycles. The summed E-state index contributed by atoms with van der Waals surface area (Å²) in [6.07, 6.45) is 3.92. The molecular formula is C21H25FN2O2. The number of hydrogen-bond donors (Lipinski definition) is 1. The molecule has 0 spiro atoms. The summed E-state index contributed by atoms with van der Waals surface area (Å²) in [5.41, 5.74) is 6.92. The molecule has 138 valence electrons. The normalized spacial score (nSPS) is 17.6. The van der Waals surface area contributed by atoms with Crippen LogP contribution >= 0.6 is 0 Å². The monoisotopic (exact) mass is 356 g/mol. The zero-order valence-electron chi connectivity index (χ0n) is 14.9. The van der Waals surface area contributed by atoms with Crippen molar-refractivity contribution in [3.05, 3.63) is 65.5 Å². The van der Waals surface area contributed by atoms with E-state index in [0.29, 0.717) is 31.0 Å². The number of nitrogens with zero attached hydrogens (tertiary/aromatic N) is 1. The number of carbonyl (C=O) groups is 1. The van der Waals surface area contributed by atoms with Crippen LogP contribution < -0.4 is 10.5 Å². The Kier molecular flexibility index (Phi) is 6.23. The zero-order valence-corrected chi connectivity index (χ0v) is 14.9. The second kappa shape index (κ2) is 8.81. The van der Waals surface area contributed by atoms with E-state index in [1.54, 1.807) is 18.2 Å². The fourth-order valence-electron chi connectivity index (χ4n) is 3.47. The first kappa shape index (κ1) is 18.4. The lowest BCUT2D eigenvalue weighted by molar-refractivity contribution is 0.0680. The minimum atomic E-state index is -0.267. The van der Waals surface area contributed by atoms with Crippen LogP contribution in [0.1, 0.15) is 47.6 Å². The summed E-state index contributed by atoms with van der Waals surface area (Å²) in [7, 11) is 0. The van der Waals surface area contributed by atoms with Crippen LogP contribution in [0.3, 0.4) is 0 Å². The minimum Gasteiger partial charge on any atom is -0.492 e. The predicted molar refractivity (Wildman–Crippen MR) is 99.6 cm³/mol. The van der Waals surface area contributed by atoms with Crippen molar-refractivity contribution in [3.63, 3.8) is 0 Å². The van der Waals surface area contributed by atoms with Crippen molar-refractivity contribution < 1.29 is 13.9 Å². The van der Waals surface area contributed by atoms with Gasteiger partial charge in [-0.1, -0.05) is 31.0 Å². The molecule has 1 amide bonds. The third-order valence-corrected chi connectivity index (χ3v) is 4.71. The summed E-state index contributed by atoms with van der Waals surface area (Å²) in [6.45, 7) is 1.51. The highest BCUT2D eigenvalue weighted by molar-refractivity contribution is 5.95. The van der Waals surface area contributed by atoms with E-state index in [0.717, 1.165) is 31.2 Å². The molecule has 0 radical (unpaired) electrons. The van der Waals surface area contributed by atoms with Crippen molar-refractivity contribution in [2.75, 3.05) is 19.7 Å². The van der Waals surface area contributed by atoms with Gasteiger partial charge in [-0.2, -0.15) is 0 Å². The van der Waals surface area contributed by atoms with Crippen molar-refractivity contribution in [1.82, 2.24) is 4.90 Å². The third-order valence-electron chi connectivity index (χ3n) is 4.71. The van der Waals surface area contributed by atoms with E-state index >= 15 is 0 Å². The Morgan fingerprint density at radius 3 is 2.81 bits per heavy atom. The van der Waals surface area contributed by atoms with Gasteiger partial charge in [0.15, 0.2) is 0 Å². The molecule has 4 nitrogen and oxygen atoms in total. The van der Waals surface area contributed by atoms with Crippen LogP contribution in [-0.2, 0) is 0 Å². The Hall–Kier alpha value is -2.40. The molecule has 1 saturated heterocycles. The highest BCUT2D eigenvalue weighted by Gasteiger charge is 2.28. The van der Waals surface area contributed by atoms with Gasteiger partial charge in [0, 0.05) is 18.7 Å². The van der Waals surface area contributed by atoms with E-state index in [-0.39, 0.29) is 17.8 Å². The fourth-order valence-corrected chi connectivity index (χ4v) is 3.47. The van der Waals surface area contributed by atoms with Crippen LogP contribution in [0.4, 0.5) is 4.39 Å². The van der Waals surface area contributed by atoms with E-state index in [1.807, 2.05) is 23.1 Å². The number of rotatable bonds is 5. The van der Waals surface area contributed by atoms with Gasteiger partial charge in [0.25, 0.3) is 5.91 Å². The number of carbonyl (C=O) groups excluding carboxylic acids is 1. The SMILES string of the molecule is NCCOc1cccc(C(=O)N2CCCCC[C@H]2c2cccc(F)c2)c1. The molecule has 1 aliphatic rings. The number of ether oxygens (including phenoxy) is 1. The van der Waals surface area contributed by atoms with Crippen LogP contribution in [0.25, 0.3) is 0 Å². The van der Waals surface area contributed by atoms with Gasteiger partial charge in [-0.25, -0.2) is 4.39 Å². The molecular weight excluding hydrogens is 331 g/mol. The molecule has 2 aromatic rings. The maximum absolute atomic E-state index is 13.7. The number of halogens is 1. The van der Waals surface area contributed by atoms with Gasteiger partial charge in [-0.05, 0) is 48.7 Å². The van der Waals surface area contributed by atoms with Crippen LogP contribution in [0.15, 0.2) is 48.5 Å². The summed E-state index contributed by atoms with van der Waals surface area (Å²) in [5, 5.41) is 0. The summed E-state index contributed by atoms with van der Waals surface area (Å²) >= 11 is 0. The van der Waals surface area contributed by atoms with Crippen molar-refractivity contribution in [3.8, 4) is 5.75 Å². The second-order valence-electron chi connectivity index (χ2n) is 6.58. The Morgan fingerprint density at radius 2 is 2.00 bits per heavy atom. The van der Waals surface area contributed by atoms with Gasteiger partial charge in [0.05, 0.1) is 6.04 Å². The molecule has 5 heteroatoms. The van der Waals surface area contributed by atoms with E-state index in [1.165, 1.54) is 12.1 Å². The summed E-state index contributed by atoms with van der Waals surface area (Å²) < 4.78 is 19.3. The molecule has 1 atom stereocenters. The third kappa shape index (κ3) is 4.41. The molecule has 0 saturated carbocycles. The first-order valence-electron chi connectivity index (χ1n) is 9.18. The molecule has 26 heavy (non-hydrogen) atoms. The zero-order chi connectivity index (χ0) is 18.4. The first-order chi connectivity index (χ1) is 12.7. The van der Waals surface area contributed by atoms with Gasteiger partial charge in [-0.3, -0.25) is 4.79 Å². The molecule has 3 rings (SSSR count). The van der Waals surface area contributed by atoms with Crippen LogP contribution in [-0.4, -0.2) is 30.5 Å². The van der Waals surface area contributed by atoms with Gasteiger partial charge in [0.2, 0.25) is 0 Å². The number of likely N-dealkylation sites (tertiary alicyclic amines) is 1. The summed E-state index contributed by atoms with van der Waals surface area (Å²) in [4.78, 5) is 15.1. The molecule has 0 aliphatic carbocycles.